The third-order valence-corrected chi connectivity index (χ3v) is 6.23. The van der Waals surface area contributed by atoms with Gasteiger partial charge in [0.2, 0.25) is 5.91 Å². The van der Waals surface area contributed by atoms with Crippen LogP contribution >= 0.6 is 11.3 Å². The minimum atomic E-state index is 0.242. The zero-order valence-corrected chi connectivity index (χ0v) is 14.2. The highest BCUT2D eigenvalue weighted by molar-refractivity contribution is 7.09. The standard InChI is InChI=1S/C20H23NOS/c22-20(19-14-18(19)16-5-2-1-3-6-16)21-10-8-15(9-11-21)13-17-7-4-12-23-17/h1-7,12,15,18-19H,8-11,13-14H2. The molecular formula is C20H23NOS. The van der Waals surface area contributed by atoms with Gasteiger partial charge in [-0.15, -0.1) is 11.3 Å². The number of carbonyl (C=O) groups is 1. The number of hydrogen-bond donors (Lipinski definition) is 0. The Kier molecular flexibility index (Phi) is 4.21. The van der Waals surface area contributed by atoms with Crippen LogP contribution in [-0.2, 0) is 11.2 Å². The van der Waals surface area contributed by atoms with Gasteiger partial charge in [0.1, 0.15) is 0 Å². The van der Waals surface area contributed by atoms with Crippen molar-refractivity contribution in [2.24, 2.45) is 11.8 Å². The largest absolute Gasteiger partial charge is 0.342 e. The summed E-state index contributed by atoms with van der Waals surface area (Å²) in [5.41, 5.74) is 1.33. The molecule has 1 saturated carbocycles. The molecule has 1 amide bonds. The molecule has 2 aliphatic rings. The molecule has 2 aromatic rings. The van der Waals surface area contributed by atoms with Crippen molar-refractivity contribution in [3.8, 4) is 0 Å². The molecule has 2 atom stereocenters. The summed E-state index contributed by atoms with van der Waals surface area (Å²) in [6, 6.07) is 14.9. The number of thiophene rings is 1. The van der Waals surface area contributed by atoms with Gasteiger partial charge in [0.05, 0.1) is 0 Å². The topological polar surface area (TPSA) is 20.3 Å². The van der Waals surface area contributed by atoms with Crippen molar-refractivity contribution < 1.29 is 4.79 Å². The Labute approximate surface area is 142 Å². The molecule has 0 radical (unpaired) electrons. The molecule has 23 heavy (non-hydrogen) atoms. The van der Waals surface area contributed by atoms with Gasteiger partial charge in [0.15, 0.2) is 0 Å². The maximum Gasteiger partial charge on any atom is 0.226 e. The van der Waals surface area contributed by atoms with Crippen LogP contribution < -0.4 is 0 Å². The Hall–Kier alpha value is -1.61. The van der Waals surface area contributed by atoms with Gasteiger partial charge in [-0.3, -0.25) is 4.79 Å². The third-order valence-electron chi connectivity index (χ3n) is 5.33. The quantitative estimate of drug-likeness (QED) is 0.819. The van der Waals surface area contributed by atoms with Gasteiger partial charge in [-0.2, -0.15) is 0 Å². The predicted molar refractivity (Wildman–Crippen MR) is 94.6 cm³/mol. The normalized spacial score (nSPS) is 24.6. The maximum atomic E-state index is 12.7. The van der Waals surface area contributed by atoms with Gasteiger partial charge in [-0.05, 0) is 54.5 Å². The van der Waals surface area contributed by atoms with E-state index >= 15 is 0 Å². The Morgan fingerprint density at radius 2 is 1.87 bits per heavy atom. The highest BCUT2D eigenvalue weighted by Gasteiger charge is 2.45. The van der Waals surface area contributed by atoms with Crippen LogP contribution in [0, 0.1) is 11.8 Å². The summed E-state index contributed by atoms with van der Waals surface area (Å²) >= 11 is 1.86. The van der Waals surface area contributed by atoms with E-state index in [0.29, 0.717) is 11.8 Å². The molecule has 1 aliphatic heterocycles. The molecule has 1 saturated heterocycles. The van der Waals surface area contributed by atoms with Crippen LogP contribution in [0.1, 0.15) is 35.6 Å². The van der Waals surface area contributed by atoms with Crippen LogP contribution in [0.5, 0.6) is 0 Å². The molecule has 4 rings (SSSR count). The van der Waals surface area contributed by atoms with Crippen LogP contribution in [0.2, 0.25) is 0 Å². The first-order valence-corrected chi connectivity index (χ1v) is 9.55. The number of amides is 1. The number of nitrogens with zero attached hydrogens (tertiary/aromatic N) is 1. The Balaban J connectivity index is 1.28. The molecule has 2 fully saturated rings. The predicted octanol–water partition coefficient (Wildman–Crippen LogP) is 4.33. The lowest BCUT2D eigenvalue weighted by Crippen LogP contribution is -2.39. The van der Waals surface area contributed by atoms with Crippen LogP contribution in [0.25, 0.3) is 0 Å². The SMILES string of the molecule is O=C(C1CC1c1ccccc1)N1CCC(Cc2cccs2)CC1. The summed E-state index contributed by atoms with van der Waals surface area (Å²) in [6.45, 7) is 1.90. The van der Waals surface area contributed by atoms with Crippen molar-refractivity contribution in [3.05, 3.63) is 58.3 Å². The fourth-order valence-electron chi connectivity index (χ4n) is 3.84. The lowest BCUT2D eigenvalue weighted by atomic mass is 9.92. The molecule has 1 aromatic heterocycles. The molecule has 120 valence electrons. The molecular weight excluding hydrogens is 302 g/mol. The first-order valence-electron chi connectivity index (χ1n) is 8.67. The van der Waals surface area contributed by atoms with Crippen LogP contribution in [0.15, 0.2) is 47.8 Å². The van der Waals surface area contributed by atoms with E-state index < -0.39 is 0 Å². The lowest BCUT2D eigenvalue weighted by molar-refractivity contribution is -0.134. The second-order valence-corrected chi connectivity index (χ2v) is 7.94. The number of piperidine rings is 1. The summed E-state index contributed by atoms with van der Waals surface area (Å²) in [6.07, 6.45) is 4.55. The zero-order chi connectivity index (χ0) is 15.6. The van der Waals surface area contributed by atoms with Crippen molar-refractivity contribution in [2.75, 3.05) is 13.1 Å². The number of hydrogen-bond acceptors (Lipinski definition) is 2. The Bertz CT molecular complexity index is 644. The van der Waals surface area contributed by atoms with E-state index in [2.05, 4.69) is 46.7 Å². The number of benzene rings is 1. The first-order chi connectivity index (χ1) is 11.3. The summed E-state index contributed by atoms with van der Waals surface area (Å²) in [5.74, 6) is 1.86. The van der Waals surface area contributed by atoms with E-state index in [-0.39, 0.29) is 5.92 Å². The molecule has 0 spiro atoms. The van der Waals surface area contributed by atoms with Gasteiger partial charge < -0.3 is 4.90 Å². The van der Waals surface area contributed by atoms with E-state index in [9.17, 15) is 4.79 Å². The third kappa shape index (κ3) is 3.35. The molecule has 2 unspecified atom stereocenters. The van der Waals surface area contributed by atoms with Crippen LogP contribution in [0.3, 0.4) is 0 Å². The molecule has 0 N–H and O–H groups in total. The number of rotatable bonds is 4. The zero-order valence-electron chi connectivity index (χ0n) is 13.4. The summed E-state index contributed by atoms with van der Waals surface area (Å²) < 4.78 is 0. The molecule has 1 aromatic carbocycles. The van der Waals surface area contributed by atoms with Crippen molar-refractivity contribution >= 4 is 17.2 Å². The summed E-state index contributed by atoms with van der Waals surface area (Å²) in [4.78, 5) is 16.3. The Morgan fingerprint density at radius 1 is 1.09 bits per heavy atom. The van der Waals surface area contributed by atoms with Crippen LogP contribution in [-0.4, -0.2) is 23.9 Å². The van der Waals surface area contributed by atoms with Gasteiger partial charge in [-0.25, -0.2) is 0 Å². The van der Waals surface area contributed by atoms with Crippen molar-refractivity contribution in [1.82, 2.24) is 4.90 Å². The van der Waals surface area contributed by atoms with Gasteiger partial charge in [0.25, 0.3) is 0 Å². The second-order valence-electron chi connectivity index (χ2n) is 6.91. The first kappa shape index (κ1) is 14.9. The smallest absolute Gasteiger partial charge is 0.226 e. The van der Waals surface area contributed by atoms with Crippen molar-refractivity contribution in [2.45, 2.75) is 31.6 Å². The number of carbonyl (C=O) groups excluding carboxylic acids is 1. The minimum Gasteiger partial charge on any atom is -0.342 e. The summed E-state index contributed by atoms with van der Waals surface area (Å²) in [7, 11) is 0. The van der Waals surface area contributed by atoms with E-state index in [1.54, 1.807) is 0 Å². The maximum absolute atomic E-state index is 12.7. The van der Waals surface area contributed by atoms with Crippen molar-refractivity contribution in [3.63, 3.8) is 0 Å². The van der Waals surface area contributed by atoms with Crippen molar-refractivity contribution in [1.29, 1.82) is 0 Å². The van der Waals surface area contributed by atoms with Gasteiger partial charge in [-0.1, -0.05) is 36.4 Å². The molecule has 1 aliphatic carbocycles. The fraction of sp³-hybridized carbons (Fsp3) is 0.450. The Morgan fingerprint density at radius 3 is 2.57 bits per heavy atom. The van der Waals surface area contributed by atoms with Gasteiger partial charge in [0, 0.05) is 23.9 Å². The average molecular weight is 325 g/mol. The van der Waals surface area contributed by atoms with E-state index in [4.69, 9.17) is 0 Å². The fourth-order valence-corrected chi connectivity index (χ4v) is 4.66. The van der Waals surface area contributed by atoms with E-state index in [1.165, 1.54) is 16.9 Å². The van der Waals surface area contributed by atoms with Gasteiger partial charge >= 0.3 is 0 Å². The summed E-state index contributed by atoms with van der Waals surface area (Å²) in [5, 5.41) is 2.16. The monoisotopic (exact) mass is 325 g/mol. The minimum absolute atomic E-state index is 0.242. The lowest BCUT2D eigenvalue weighted by Gasteiger charge is -2.32. The second kappa shape index (κ2) is 6.48. The highest BCUT2D eigenvalue weighted by Crippen LogP contribution is 2.48. The highest BCUT2D eigenvalue weighted by atomic mass is 32.1. The molecule has 0 bridgehead atoms. The average Bonchev–Trinajstić information content (AvgIpc) is 3.25. The molecule has 3 heteroatoms. The number of likely N-dealkylation sites (tertiary alicyclic amines) is 1. The molecule has 2 heterocycles. The van der Waals surface area contributed by atoms with E-state index in [1.807, 2.05) is 17.4 Å². The van der Waals surface area contributed by atoms with E-state index in [0.717, 1.165) is 38.3 Å². The van der Waals surface area contributed by atoms with Crippen LogP contribution in [0.4, 0.5) is 0 Å². The molecule has 2 nitrogen and oxygen atoms in total.